The molecule has 0 spiro atoms. The second kappa shape index (κ2) is 5.89. The Kier molecular flexibility index (Phi) is 3.70. The van der Waals surface area contributed by atoms with E-state index < -0.39 is 0 Å². The first-order chi connectivity index (χ1) is 11.6. The number of nitrogens with zero attached hydrogens (tertiary/aromatic N) is 4. The smallest absolute Gasteiger partial charge is 0.289 e. The number of hydrogen-bond donors (Lipinski definition) is 1. The molecule has 1 saturated heterocycles. The van der Waals surface area contributed by atoms with Crippen LogP contribution in [0, 0.1) is 12.8 Å². The molecule has 1 aliphatic heterocycles. The Hall–Kier alpha value is -2.44. The van der Waals surface area contributed by atoms with E-state index in [4.69, 9.17) is 4.42 Å². The molecule has 2 fully saturated rings. The summed E-state index contributed by atoms with van der Waals surface area (Å²) in [6.07, 6.45) is 5.33. The van der Waals surface area contributed by atoms with Gasteiger partial charge in [0.15, 0.2) is 5.89 Å². The fourth-order valence-corrected chi connectivity index (χ4v) is 3.11. The minimum absolute atomic E-state index is 0.0576. The molecule has 1 amide bonds. The number of aromatic nitrogens is 3. The summed E-state index contributed by atoms with van der Waals surface area (Å²) in [5.74, 6) is 2.45. The highest BCUT2D eigenvalue weighted by molar-refractivity contribution is 5.91. The summed E-state index contributed by atoms with van der Waals surface area (Å²) < 4.78 is 5.58. The van der Waals surface area contributed by atoms with Crippen LogP contribution < -0.4 is 10.2 Å². The minimum Gasteiger partial charge on any atom is -0.435 e. The van der Waals surface area contributed by atoms with E-state index >= 15 is 0 Å². The monoisotopic (exact) mass is 327 g/mol. The van der Waals surface area contributed by atoms with Crippen molar-refractivity contribution in [2.75, 3.05) is 18.0 Å². The van der Waals surface area contributed by atoms with Crippen molar-refractivity contribution in [3.8, 4) is 0 Å². The lowest BCUT2D eigenvalue weighted by Crippen LogP contribution is -2.39. The van der Waals surface area contributed by atoms with Crippen LogP contribution in [0.5, 0.6) is 0 Å². The first-order valence-corrected chi connectivity index (χ1v) is 8.40. The predicted octanol–water partition coefficient (Wildman–Crippen LogP) is 1.91. The number of hydrogen-bond acceptors (Lipinski definition) is 6. The summed E-state index contributed by atoms with van der Waals surface area (Å²) in [5.41, 5.74) is 0.939. The normalized spacial score (nSPS) is 23.5. The quantitative estimate of drug-likeness (QED) is 0.923. The number of aryl methyl sites for hydroxylation is 1. The van der Waals surface area contributed by atoms with E-state index in [1.807, 2.05) is 13.0 Å². The molecule has 4 rings (SSSR count). The average Bonchev–Trinajstić information content (AvgIpc) is 3.18. The number of oxazole rings is 1. The number of carbonyl (C=O) groups is 1. The van der Waals surface area contributed by atoms with Gasteiger partial charge >= 0.3 is 0 Å². The number of amides is 1. The van der Waals surface area contributed by atoms with Crippen LogP contribution in [0.3, 0.4) is 0 Å². The van der Waals surface area contributed by atoms with Gasteiger partial charge in [-0.2, -0.15) is 0 Å². The van der Waals surface area contributed by atoms with Crippen LogP contribution in [-0.4, -0.2) is 40.0 Å². The maximum atomic E-state index is 12.4. The van der Waals surface area contributed by atoms with Crippen LogP contribution in [0.15, 0.2) is 23.0 Å². The SMILES string of the molecule is Cc1cc(N2CC(C)C(NC(=O)c3cnc(C4CC4)o3)C2)ncn1. The molecule has 7 heteroatoms. The van der Waals surface area contributed by atoms with Crippen LogP contribution in [0.4, 0.5) is 5.82 Å². The van der Waals surface area contributed by atoms with Gasteiger partial charge in [-0.25, -0.2) is 15.0 Å². The molecule has 24 heavy (non-hydrogen) atoms. The molecule has 2 aromatic rings. The largest absolute Gasteiger partial charge is 0.435 e. The van der Waals surface area contributed by atoms with Gasteiger partial charge in [-0.1, -0.05) is 6.92 Å². The number of anilines is 1. The first-order valence-electron chi connectivity index (χ1n) is 8.40. The molecule has 2 aliphatic rings. The van der Waals surface area contributed by atoms with Crippen molar-refractivity contribution in [3.05, 3.63) is 35.9 Å². The second-order valence-corrected chi connectivity index (χ2v) is 6.82. The summed E-state index contributed by atoms with van der Waals surface area (Å²) in [7, 11) is 0. The lowest BCUT2D eigenvalue weighted by molar-refractivity contribution is 0.0903. The van der Waals surface area contributed by atoms with Gasteiger partial charge in [0.1, 0.15) is 12.1 Å². The van der Waals surface area contributed by atoms with Crippen LogP contribution in [0.2, 0.25) is 0 Å². The molecule has 1 aliphatic carbocycles. The van der Waals surface area contributed by atoms with E-state index in [-0.39, 0.29) is 11.9 Å². The molecular formula is C17H21N5O2. The van der Waals surface area contributed by atoms with E-state index in [1.165, 1.54) is 6.20 Å². The summed E-state index contributed by atoms with van der Waals surface area (Å²) >= 11 is 0. The maximum absolute atomic E-state index is 12.4. The van der Waals surface area contributed by atoms with Gasteiger partial charge in [0.05, 0.1) is 12.2 Å². The Balaban J connectivity index is 1.41. The van der Waals surface area contributed by atoms with Crippen molar-refractivity contribution < 1.29 is 9.21 Å². The Bertz CT molecular complexity index is 755. The molecule has 2 aromatic heterocycles. The van der Waals surface area contributed by atoms with Crippen molar-refractivity contribution in [2.45, 2.75) is 38.6 Å². The molecule has 7 nitrogen and oxygen atoms in total. The Morgan fingerprint density at radius 2 is 2.12 bits per heavy atom. The lowest BCUT2D eigenvalue weighted by Gasteiger charge is -2.17. The Labute approximate surface area is 140 Å². The number of rotatable bonds is 4. The highest BCUT2D eigenvalue weighted by Crippen LogP contribution is 2.39. The average molecular weight is 327 g/mol. The topological polar surface area (TPSA) is 84.2 Å². The molecule has 0 aromatic carbocycles. The van der Waals surface area contributed by atoms with Crippen LogP contribution in [0.1, 0.15) is 47.8 Å². The fourth-order valence-electron chi connectivity index (χ4n) is 3.11. The molecule has 2 atom stereocenters. The van der Waals surface area contributed by atoms with Gasteiger partial charge in [-0.15, -0.1) is 0 Å². The standard InChI is InChI=1S/C17H21N5O2/c1-10-7-22(15-5-11(2)19-9-20-15)8-13(10)21-16(23)14-6-18-17(24-14)12-3-4-12/h5-6,9-10,12-13H,3-4,7-8H2,1-2H3,(H,21,23). The van der Waals surface area contributed by atoms with Gasteiger partial charge in [-0.05, 0) is 25.7 Å². The first kappa shape index (κ1) is 15.1. The van der Waals surface area contributed by atoms with Gasteiger partial charge in [0, 0.05) is 30.8 Å². The van der Waals surface area contributed by atoms with Crippen molar-refractivity contribution in [1.29, 1.82) is 0 Å². The molecular weight excluding hydrogens is 306 g/mol. The number of carbonyl (C=O) groups excluding carboxylic acids is 1. The van der Waals surface area contributed by atoms with E-state index in [0.29, 0.717) is 23.5 Å². The third kappa shape index (κ3) is 2.98. The molecule has 126 valence electrons. The van der Waals surface area contributed by atoms with Crippen molar-refractivity contribution in [1.82, 2.24) is 20.3 Å². The Morgan fingerprint density at radius 3 is 2.88 bits per heavy atom. The summed E-state index contributed by atoms with van der Waals surface area (Å²) in [6.45, 7) is 5.67. The molecule has 0 radical (unpaired) electrons. The van der Waals surface area contributed by atoms with Gasteiger partial charge in [0.25, 0.3) is 5.91 Å². The Morgan fingerprint density at radius 1 is 1.29 bits per heavy atom. The van der Waals surface area contributed by atoms with E-state index in [0.717, 1.165) is 37.4 Å². The molecule has 1 saturated carbocycles. The van der Waals surface area contributed by atoms with Crippen molar-refractivity contribution >= 4 is 11.7 Å². The predicted molar refractivity (Wildman–Crippen MR) is 87.9 cm³/mol. The van der Waals surface area contributed by atoms with Gasteiger partial charge in [0.2, 0.25) is 5.76 Å². The van der Waals surface area contributed by atoms with E-state index in [9.17, 15) is 4.79 Å². The summed E-state index contributed by atoms with van der Waals surface area (Å²) in [5, 5.41) is 3.07. The maximum Gasteiger partial charge on any atom is 0.289 e. The minimum atomic E-state index is -0.188. The highest BCUT2D eigenvalue weighted by Gasteiger charge is 2.33. The lowest BCUT2D eigenvalue weighted by atomic mass is 10.1. The molecule has 2 unspecified atom stereocenters. The van der Waals surface area contributed by atoms with Crippen LogP contribution in [-0.2, 0) is 0 Å². The third-order valence-electron chi connectivity index (χ3n) is 4.72. The second-order valence-electron chi connectivity index (χ2n) is 6.82. The highest BCUT2D eigenvalue weighted by atomic mass is 16.4. The summed E-state index contributed by atoms with van der Waals surface area (Å²) in [4.78, 5) is 27.3. The summed E-state index contributed by atoms with van der Waals surface area (Å²) in [6, 6.07) is 2.03. The van der Waals surface area contributed by atoms with Gasteiger partial charge in [-0.3, -0.25) is 4.79 Å². The van der Waals surface area contributed by atoms with E-state index in [2.05, 4.69) is 32.1 Å². The number of nitrogens with one attached hydrogen (secondary N) is 1. The molecule has 3 heterocycles. The zero-order valence-corrected chi connectivity index (χ0v) is 13.9. The molecule has 1 N–H and O–H groups in total. The third-order valence-corrected chi connectivity index (χ3v) is 4.72. The van der Waals surface area contributed by atoms with Crippen molar-refractivity contribution in [3.63, 3.8) is 0 Å². The van der Waals surface area contributed by atoms with Crippen LogP contribution >= 0.6 is 0 Å². The molecule has 0 bridgehead atoms. The van der Waals surface area contributed by atoms with Crippen molar-refractivity contribution in [2.24, 2.45) is 5.92 Å². The fraction of sp³-hybridized carbons (Fsp3) is 0.529. The van der Waals surface area contributed by atoms with Crippen LogP contribution in [0.25, 0.3) is 0 Å². The van der Waals surface area contributed by atoms with Gasteiger partial charge < -0.3 is 14.6 Å². The zero-order valence-electron chi connectivity index (χ0n) is 13.9. The van der Waals surface area contributed by atoms with E-state index in [1.54, 1.807) is 6.33 Å². The zero-order chi connectivity index (χ0) is 16.7.